The number of aromatic nitrogens is 3. The number of hydrogen-bond acceptors (Lipinski definition) is 5. The van der Waals surface area contributed by atoms with E-state index in [1.165, 1.54) is 5.75 Å². The number of thioether (sulfide) groups is 2. The van der Waals surface area contributed by atoms with Gasteiger partial charge in [-0.3, -0.25) is 4.99 Å². The van der Waals surface area contributed by atoms with Crippen LogP contribution in [-0.2, 0) is 13.0 Å². The van der Waals surface area contributed by atoms with Gasteiger partial charge in [-0.15, -0.1) is 34.2 Å². The Morgan fingerprint density at radius 1 is 1.31 bits per heavy atom. The zero-order chi connectivity index (χ0) is 20.5. The van der Waals surface area contributed by atoms with Gasteiger partial charge < -0.3 is 14.8 Å². The third kappa shape index (κ3) is 8.47. The summed E-state index contributed by atoms with van der Waals surface area (Å²) in [5, 5.41) is 14.0. The van der Waals surface area contributed by atoms with Crippen molar-refractivity contribution in [1.29, 1.82) is 0 Å². The SMILES string of the molecule is CCNC(=NCCCc1nnc(SC)n1CC(C)C)N1CCSC(C(C)C)C1.I. The van der Waals surface area contributed by atoms with E-state index in [0.717, 1.165) is 62.5 Å². The topological polar surface area (TPSA) is 58.3 Å². The smallest absolute Gasteiger partial charge is 0.193 e. The van der Waals surface area contributed by atoms with Crippen LogP contribution in [0.5, 0.6) is 0 Å². The second-order valence-corrected chi connectivity index (χ2v) is 10.2. The lowest BCUT2D eigenvalue weighted by Gasteiger charge is -2.36. The standard InChI is InChI=1S/C20H38N6S2.HI/c1-7-21-19(25-11-12-28-17(14-25)16(4)5)22-10-8-9-18-23-24-20(27-6)26(18)13-15(2)3;/h15-17H,7-14H2,1-6H3,(H,21,22);1H. The van der Waals surface area contributed by atoms with Gasteiger partial charge in [-0.25, -0.2) is 0 Å². The lowest BCUT2D eigenvalue weighted by molar-refractivity contribution is 0.380. The fraction of sp³-hybridized carbons (Fsp3) is 0.850. The number of nitrogens with zero attached hydrogens (tertiary/aromatic N) is 5. The van der Waals surface area contributed by atoms with Crippen molar-refractivity contribution in [2.24, 2.45) is 16.8 Å². The Morgan fingerprint density at radius 2 is 2.07 bits per heavy atom. The Balaban J connectivity index is 0.00000420. The molecule has 1 saturated heterocycles. The molecule has 0 radical (unpaired) electrons. The van der Waals surface area contributed by atoms with Gasteiger partial charge in [0.25, 0.3) is 0 Å². The maximum Gasteiger partial charge on any atom is 0.193 e. The molecular weight excluding hydrogens is 515 g/mol. The van der Waals surface area contributed by atoms with Gasteiger partial charge in [0.2, 0.25) is 0 Å². The molecule has 1 atom stereocenters. The summed E-state index contributed by atoms with van der Waals surface area (Å²) in [6.07, 6.45) is 3.99. The van der Waals surface area contributed by atoms with Gasteiger partial charge >= 0.3 is 0 Å². The third-order valence-corrected chi connectivity index (χ3v) is 7.02. The zero-order valence-electron chi connectivity index (χ0n) is 18.8. The fourth-order valence-corrected chi connectivity index (χ4v) is 5.14. The van der Waals surface area contributed by atoms with Crippen molar-refractivity contribution < 1.29 is 0 Å². The lowest BCUT2D eigenvalue weighted by Crippen LogP contribution is -2.49. The van der Waals surface area contributed by atoms with Gasteiger partial charge in [0.15, 0.2) is 11.1 Å². The second kappa shape index (κ2) is 14.0. The molecule has 0 aliphatic carbocycles. The van der Waals surface area contributed by atoms with Crippen molar-refractivity contribution in [2.75, 3.05) is 38.2 Å². The number of rotatable bonds is 9. The molecule has 0 spiro atoms. The van der Waals surface area contributed by atoms with E-state index in [2.05, 4.69) is 77.6 Å². The van der Waals surface area contributed by atoms with Gasteiger partial charge in [0, 0.05) is 50.1 Å². The minimum absolute atomic E-state index is 0. The fourth-order valence-electron chi connectivity index (χ4n) is 3.32. The van der Waals surface area contributed by atoms with Crippen LogP contribution < -0.4 is 5.32 Å². The van der Waals surface area contributed by atoms with Crippen molar-refractivity contribution in [2.45, 2.75) is 64.4 Å². The Labute approximate surface area is 202 Å². The van der Waals surface area contributed by atoms with E-state index in [1.807, 2.05) is 0 Å². The minimum atomic E-state index is 0. The molecule has 1 N–H and O–H groups in total. The molecule has 2 rings (SSSR count). The molecule has 2 heterocycles. The van der Waals surface area contributed by atoms with Crippen molar-refractivity contribution in [3.8, 4) is 0 Å². The van der Waals surface area contributed by atoms with Crippen LogP contribution in [-0.4, -0.2) is 69.1 Å². The lowest BCUT2D eigenvalue weighted by atomic mass is 10.1. The molecule has 1 aliphatic rings. The van der Waals surface area contributed by atoms with E-state index in [1.54, 1.807) is 11.8 Å². The first kappa shape index (κ1) is 26.9. The van der Waals surface area contributed by atoms with Crippen LogP contribution in [0.4, 0.5) is 0 Å². The molecule has 0 amide bonds. The Hall–Kier alpha value is -0.160. The predicted molar refractivity (Wildman–Crippen MR) is 139 cm³/mol. The van der Waals surface area contributed by atoms with Crippen LogP contribution in [0.25, 0.3) is 0 Å². The van der Waals surface area contributed by atoms with Crippen LogP contribution in [0.3, 0.4) is 0 Å². The summed E-state index contributed by atoms with van der Waals surface area (Å²) in [6.45, 7) is 16.1. The number of guanidine groups is 1. The van der Waals surface area contributed by atoms with Crippen LogP contribution in [0, 0.1) is 11.8 Å². The molecule has 1 aromatic heterocycles. The molecule has 1 unspecified atom stereocenters. The largest absolute Gasteiger partial charge is 0.357 e. The maximum atomic E-state index is 4.92. The van der Waals surface area contributed by atoms with E-state index in [9.17, 15) is 0 Å². The number of aryl methyl sites for hydroxylation is 1. The van der Waals surface area contributed by atoms with Gasteiger partial charge in [-0.2, -0.15) is 11.8 Å². The average Bonchev–Trinajstić information content (AvgIpc) is 3.05. The van der Waals surface area contributed by atoms with Crippen LogP contribution in [0.1, 0.15) is 46.9 Å². The molecule has 1 aromatic rings. The quantitative estimate of drug-likeness (QED) is 0.162. The summed E-state index contributed by atoms with van der Waals surface area (Å²) in [6, 6.07) is 0. The van der Waals surface area contributed by atoms with Crippen molar-refractivity contribution in [3.63, 3.8) is 0 Å². The van der Waals surface area contributed by atoms with E-state index in [-0.39, 0.29) is 24.0 Å². The highest BCUT2D eigenvalue weighted by Crippen LogP contribution is 2.25. The van der Waals surface area contributed by atoms with E-state index < -0.39 is 0 Å². The molecular formula is C20H39IN6S2. The highest BCUT2D eigenvalue weighted by Gasteiger charge is 2.24. The van der Waals surface area contributed by atoms with Gasteiger partial charge in [0.05, 0.1) is 0 Å². The van der Waals surface area contributed by atoms with E-state index in [0.29, 0.717) is 17.1 Å². The van der Waals surface area contributed by atoms with E-state index in [4.69, 9.17) is 4.99 Å². The first-order valence-corrected chi connectivity index (χ1v) is 12.8. The normalized spacial score (nSPS) is 17.7. The van der Waals surface area contributed by atoms with Crippen LogP contribution in [0.15, 0.2) is 10.1 Å². The molecule has 6 nitrogen and oxygen atoms in total. The highest BCUT2D eigenvalue weighted by atomic mass is 127. The van der Waals surface area contributed by atoms with Gasteiger partial charge in [-0.05, 0) is 31.4 Å². The molecule has 0 bridgehead atoms. The summed E-state index contributed by atoms with van der Waals surface area (Å²) in [5.74, 6) is 4.64. The van der Waals surface area contributed by atoms with Crippen molar-refractivity contribution >= 4 is 53.5 Å². The Kier molecular flexibility index (Phi) is 13.0. The zero-order valence-corrected chi connectivity index (χ0v) is 22.8. The van der Waals surface area contributed by atoms with Crippen LogP contribution >= 0.6 is 47.5 Å². The first-order chi connectivity index (χ1) is 13.5. The molecule has 1 fully saturated rings. The molecule has 0 aromatic carbocycles. The minimum Gasteiger partial charge on any atom is -0.357 e. The molecule has 1 aliphatic heterocycles. The summed E-state index contributed by atoms with van der Waals surface area (Å²) >= 11 is 3.78. The molecule has 9 heteroatoms. The van der Waals surface area contributed by atoms with Gasteiger partial charge in [0.1, 0.15) is 5.82 Å². The van der Waals surface area contributed by atoms with Gasteiger partial charge in [-0.1, -0.05) is 39.5 Å². The number of halogens is 1. The molecule has 168 valence electrons. The molecule has 0 saturated carbocycles. The third-order valence-electron chi connectivity index (χ3n) is 4.82. The molecule has 29 heavy (non-hydrogen) atoms. The number of hydrogen-bond donors (Lipinski definition) is 1. The summed E-state index contributed by atoms with van der Waals surface area (Å²) in [4.78, 5) is 7.37. The monoisotopic (exact) mass is 554 g/mol. The Morgan fingerprint density at radius 3 is 2.69 bits per heavy atom. The van der Waals surface area contributed by atoms with Crippen molar-refractivity contribution in [1.82, 2.24) is 25.0 Å². The van der Waals surface area contributed by atoms with E-state index >= 15 is 0 Å². The van der Waals surface area contributed by atoms with Crippen LogP contribution in [0.2, 0.25) is 0 Å². The maximum absolute atomic E-state index is 4.92. The second-order valence-electron chi connectivity index (χ2n) is 8.05. The first-order valence-electron chi connectivity index (χ1n) is 10.6. The number of nitrogens with one attached hydrogen (secondary N) is 1. The average molecular weight is 555 g/mol. The number of aliphatic imine (C=N–C) groups is 1. The van der Waals surface area contributed by atoms with Crippen molar-refractivity contribution in [3.05, 3.63) is 5.82 Å². The highest BCUT2D eigenvalue weighted by molar-refractivity contribution is 14.0. The Bertz CT molecular complexity index is 620. The predicted octanol–water partition coefficient (Wildman–Crippen LogP) is 4.25. The summed E-state index contributed by atoms with van der Waals surface area (Å²) in [5.41, 5.74) is 0. The summed E-state index contributed by atoms with van der Waals surface area (Å²) in [7, 11) is 0. The summed E-state index contributed by atoms with van der Waals surface area (Å²) < 4.78 is 2.28.